The van der Waals surface area contributed by atoms with Crippen molar-refractivity contribution >= 4 is 17.3 Å². The highest BCUT2D eigenvalue weighted by molar-refractivity contribution is 7.09. The van der Waals surface area contributed by atoms with Gasteiger partial charge in [0.15, 0.2) is 5.96 Å². The number of piperidine rings is 1. The van der Waals surface area contributed by atoms with E-state index in [4.69, 9.17) is 4.74 Å². The van der Waals surface area contributed by atoms with E-state index in [1.165, 1.54) is 50.1 Å². The number of hydrogen-bond donors (Lipinski definition) is 2. The van der Waals surface area contributed by atoms with E-state index in [9.17, 15) is 0 Å². The maximum atomic E-state index is 5.30. The number of guanidine groups is 1. The van der Waals surface area contributed by atoms with Crippen molar-refractivity contribution in [3.05, 3.63) is 22.4 Å². The van der Waals surface area contributed by atoms with E-state index in [1.54, 1.807) is 7.11 Å². The van der Waals surface area contributed by atoms with Crippen molar-refractivity contribution in [3.63, 3.8) is 0 Å². The Labute approximate surface area is 168 Å². The molecule has 2 fully saturated rings. The molecule has 1 saturated heterocycles. The maximum absolute atomic E-state index is 5.30. The second kappa shape index (κ2) is 10.4. The Morgan fingerprint density at radius 3 is 2.74 bits per heavy atom. The summed E-state index contributed by atoms with van der Waals surface area (Å²) in [7, 11) is 3.67. The van der Waals surface area contributed by atoms with Gasteiger partial charge in [-0.15, -0.1) is 11.3 Å². The van der Waals surface area contributed by atoms with Gasteiger partial charge in [-0.2, -0.15) is 0 Å². The molecule has 0 spiro atoms. The van der Waals surface area contributed by atoms with Crippen LogP contribution >= 0.6 is 11.3 Å². The predicted octanol–water partition coefficient (Wildman–Crippen LogP) is 3.33. The first kappa shape index (κ1) is 20.6. The Kier molecular flexibility index (Phi) is 7.97. The smallest absolute Gasteiger partial charge is 0.191 e. The van der Waals surface area contributed by atoms with Gasteiger partial charge < -0.3 is 15.4 Å². The Morgan fingerprint density at radius 1 is 1.33 bits per heavy atom. The van der Waals surface area contributed by atoms with Crippen molar-refractivity contribution < 1.29 is 4.74 Å². The van der Waals surface area contributed by atoms with E-state index in [2.05, 4.69) is 38.0 Å². The molecule has 0 atom stereocenters. The summed E-state index contributed by atoms with van der Waals surface area (Å²) in [5.74, 6) is 1.70. The van der Waals surface area contributed by atoms with E-state index >= 15 is 0 Å². The SMILES string of the molecule is CN=C(NCC1CCN(Cc2cccs2)CC1)NCC1(CCOC)CCC1. The van der Waals surface area contributed by atoms with Crippen LogP contribution in [0, 0.1) is 11.3 Å². The average Bonchev–Trinajstić information content (AvgIpc) is 3.17. The monoisotopic (exact) mass is 392 g/mol. The summed E-state index contributed by atoms with van der Waals surface area (Å²) >= 11 is 1.87. The molecule has 2 heterocycles. The van der Waals surface area contributed by atoms with Crippen LogP contribution in [0.1, 0.15) is 43.4 Å². The molecule has 0 amide bonds. The highest BCUT2D eigenvalue weighted by atomic mass is 32.1. The van der Waals surface area contributed by atoms with Crippen LogP contribution in [0.5, 0.6) is 0 Å². The summed E-state index contributed by atoms with van der Waals surface area (Å²) in [6.07, 6.45) is 7.66. The lowest BCUT2D eigenvalue weighted by atomic mass is 9.67. The summed E-state index contributed by atoms with van der Waals surface area (Å²) in [6.45, 7) is 6.42. The molecular formula is C21H36N4OS. The largest absolute Gasteiger partial charge is 0.385 e. The molecule has 1 aromatic rings. The highest BCUT2D eigenvalue weighted by Crippen LogP contribution is 2.43. The van der Waals surface area contributed by atoms with E-state index in [0.717, 1.165) is 44.5 Å². The number of nitrogens with one attached hydrogen (secondary N) is 2. The Balaban J connectivity index is 1.34. The van der Waals surface area contributed by atoms with Gasteiger partial charge in [-0.1, -0.05) is 12.5 Å². The summed E-state index contributed by atoms with van der Waals surface area (Å²) in [6, 6.07) is 4.40. The zero-order valence-electron chi connectivity index (χ0n) is 17.0. The van der Waals surface area contributed by atoms with Crippen LogP contribution in [0.4, 0.5) is 0 Å². The fraction of sp³-hybridized carbons (Fsp3) is 0.762. The average molecular weight is 393 g/mol. The standard InChI is InChI=1S/C21H36N4OS/c1-22-20(24-17-21(8-4-9-21)10-13-26-2)23-15-18-6-11-25(12-7-18)16-19-5-3-14-27-19/h3,5,14,18H,4,6-13,15-17H2,1-2H3,(H2,22,23,24). The lowest BCUT2D eigenvalue weighted by Crippen LogP contribution is -2.48. The summed E-state index contributed by atoms with van der Waals surface area (Å²) in [5, 5.41) is 9.32. The first-order valence-electron chi connectivity index (χ1n) is 10.4. The topological polar surface area (TPSA) is 48.9 Å². The van der Waals surface area contributed by atoms with Gasteiger partial charge in [0.2, 0.25) is 0 Å². The Morgan fingerprint density at radius 2 is 2.15 bits per heavy atom. The number of hydrogen-bond acceptors (Lipinski definition) is 4. The van der Waals surface area contributed by atoms with Gasteiger partial charge in [0.05, 0.1) is 0 Å². The van der Waals surface area contributed by atoms with Crippen molar-refractivity contribution in [3.8, 4) is 0 Å². The molecule has 0 unspecified atom stereocenters. The van der Waals surface area contributed by atoms with E-state index < -0.39 is 0 Å². The van der Waals surface area contributed by atoms with Crippen LogP contribution in [0.15, 0.2) is 22.5 Å². The fourth-order valence-electron chi connectivity index (χ4n) is 4.21. The van der Waals surface area contributed by atoms with Crippen LogP contribution < -0.4 is 10.6 Å². The lowest BCUT2D eigenvalue weighted by Gasteiger charge is -2.42. The summed E-state index contributed by atoms with van der Waals surface area (Å²) in [5.41, 5.74) is 0.417. The fourth-order valence-corrected chi connectivity index (χ4v) is 4.96. The number of likely N-dealkylation sites (tertiary alicyclic amines) is 1. The molecule has 5 nitrogen and oxygen atoms in total. The van der Waals surface area contributed by atoms with Crippen LogP contribution in [-0.4, -0.2) is 57.8 Å². The summed E-state index contributed by atoms with van der Waals surface area (Å²) < 4.78 is 5.30. The molecule has 27 heavy (non-hydrogen) atoms. The molecule has 0 bridgehead atoms. The molecule has 1 aliphatic heterocycles. The number of ether oxygens (including phenoxy) is 1. The zero-order chi connectivity index (χ0) is 19.0. The van der Waals surface area contributed by atoms with Crippen LogP contribution in [0.25, 0.3) is 0 Å². The van der Waals surface area contributed by atoms with Crippen molar-refractivity contribution in [1.29, 1.82) is 0 Å². The van der Waals surface area contributed by atoms with Gasteiger partial charge in [0, 0.05) is 45.3 Å². The second-order valence-corrected chi connectivity index (χ2v) is 9.23. The number of thiophene rings is 1. The van der Waals surface area contributed by atoms with Gasteiger partial charge in [0.1, 0.15) is 0 Å². The van der Waals surface area contributed by atoms with Crippen LogP contribution in [0.2, 0.25) is 0 Å². The van der Waals surface area contributed by atoms with Gasteiger partial charge >= 0.3 is 0 Å². The van der Waals surface area contributed by atoms with Crippen molar-refractivity contribution in [2.45, 2.75) is 45.1 Å². The molecule has 2 N–H and O–H groups in total. The summed E-state index contributed by atoms with van der Waals surface area (Å²) in [4.78, 5) is 8.50. The number of nitrogens with zero attached hydrogens (tertiary/aromatic N) is 2. The zero-order valence-corrected chi connectivity index (χ0v) is 17.8. The third kappa shape index (κ3) is 6.19. The minimum Gasteiger partial charge on any atom is -0.385 e. The molecule has 2 aliphatic rings. The first-order valence-corrected chi connectivity index (χ1v) is 11.3. The number of rotatable bonds is 9. The minimum absolute atomic E-state index is 0.417. The maximum Gasteiger partial charge on any atom is 0.191 e. The Hall–Kier alpha value is -1.11. The highest BCUT2D eigenvalue weighted by Gasteiger charge is 2.36. The first-order chi connectivity index (χ1) is 13.2. The molecule has 1 saturated carbocycles. The quantitative estimate of drug-likeness (QED) is 0.500. The van der Waals surface area contributed by atoms with Gasteiger partial charge in [-0.3, -0.25) is 9.89 Å². The van der Waals surface area contributed by atoms with Crippen LogP contribution in [-0.2, 0) is 11.3 Å². The van der Waals surface area contributed by atoms with Crippen molar-refractivity contribution in [2.24, 2.45) is 16.3 Å². The van der Waals surface area contributed by atoms with Gasteiger partial charge in [-0.05, 0) is 68.0 Å². The molecule has 3 rings (SSSR count). The molecule has 6 heteroatoms. The second-order valence-electron chi connectivity index (χ2n) is 8.20. The molecular weight excluding hydrogens is 356 g/mol. The molecule has 152 valence electrons. The van der Waals surface area contributed by atoms with E-state index in [1.807, 2.05) is 18.4 Å². The Bertz CT molecular complexity index is 563. The molecule has 0 radical (unpaired) electrons. The van der Waals surface area contributed by atoms with Crippen molar-refractivity contribution in [1.82, 2.24) is 15.5 Å². The molecule has 1 aromatic heterocycles. The van der Waals surface area contributed by atoms with Crippen molar-refractivity contribution in [2.75, 3.05) is 46.9 Å². The lowest BCUT2D eigenvalue weighted by molar-refractivity contribution is 0.0732. The predicted molar refractivity (Wildman–Crippen MR) is 114 cm³/mol. The molecule has 1 aliphatic carbocycles. The number of aliphatic imine (C=N–C) groups is 1. The number of methoxy groups -OCH3 is 1. The minimum atomic E-state index is 0.417. The van der Waals surface area contributed by atoms with Gasteiger partial charge in [-0.25, -0.2) is 0 Å². The van der Waals surface area contributed by atoms with Gasteiger partial charge in [0.25, 0.3) is 0 Å². The third-order valence-corrected chi connectivity index (χ3v) is 7.19. The van der Waals surface area contributed by atoms with E-state index in [-0.39, 0.29) is 0 Å². The third-order valence-electron chi connectivity index (χ3n) is 6.33. The van der Waals surface area contributed by atoms with Crippen LogP contribution in [0.3, 0.4) is 0 Å². The molecule has 0 aromatic carbocycles. The van der Waals surface area contributed by atoms with E-state index in [0.29, 0.717) is 5.41 Å². The normalized spacial score (nSPS) is 21.0.